The van der Waals surface area contributed by atoms with Gasteiger partial charge in [-0.3, -0.25) is 0 Å². The molecule has 2 rings (SSSR count). The average molecular weight is 427 g/mol. The molecule has 0 atom stereocenters. The first-order chi connectivity index (χ1) is 13.9. The van der Waals surface area contributed by atoms with E-state index in [0.29, 0.717) is 31.5 Å². The van der Waals surface area contributed by atoms with Gasteiger partial charge >= 0.3 is 18.2 Å². The minimum Gasteiger partial charge on any atom is -0.463 e. The van der Waals surface area contributed by atoms with Gasteiger partial charge in [0.1, 0.15) is 5.60 Å². The number of carbonyl (C=O) groups is 2. The number of benzene rings is 1. The lowest BCUT2D eigenvalue weighted by molar-refractivity contribution is -0.138. The number of hydrogen-bond donors (Lipinski definition) is 0. The maximum Gasteiger partial charge on any atom is 0.416 e. The van der Waals surface area contributed by atoms with Crippen LogP contribution in [0.15, 0.2) is 36.4 Å². The summed E-state index contributed by atoms with van der Waals surface area (Å²) in [6.45, 7) is 7.76. The highest BCUT2D eigenvalue weighted by Crippen LogP contribution is 2.40. The van der Waals surface area contributed by atoms with E-state index in [1.165, 1.54) is 17.0 Å². The van der Waals surface area contributed by atoms with Gasteiger partial charge < -0.3 is 14.4 Å². The predicted octanol–water partition coefficient (Wildman–Crippen LogP) is 5.09. The Bertz CT molecular complexity index is 788. The van der Waals surface area contributed by atoms with Gasteiger partial charge in [-0.15, -0.1) is 0 Å². The molecule has 0 aromatic heterocycles. The maximum atomic E-state index is 13.2. The summed E-state index contributed by atoms with van der Waals surface area (Å²) in [5.74, 6) is -0.557. The zero-order chi connectivity index (χ0) is 22.6. The summed E-state index contributed by atoms with van der Waals surface area (Å²) in [6, 6.07) is 5.10. The van der Waals surface area contributed by atoms with Crippen LogP contribution in [0.5, 0.6) is 0 Å². The molecule has 0 saturated carbocycles. The molecule has 1 aliphatic rings. The third-order valence-electron chi connectivity index (χ3n) is 4.90. The number of rotatable bonds is 4. The molecule has 1 saturated heterocycles. The van der Waals surface area contributed by atoms with E-state index < -0.39 is 34.8 Å². The largest absolute Gasteiger partial charge is 0.463 e. The molecule has 5 nitrogen and oxygen atoms in total. The first-order valence-electron chi connectivity index (χ1n) is 9.88. The topological polar surface area (TPSA) is 55.8 Å². The van der Waals surface area contributed by atoms with E-state index in [9.17, 15) is 22.8 Å². The highest BCUT2D eigenvalue weighted by atomic mass is 19.4. The normalized spacial score (nSPS) is 17.1. The van der Waals surface area contributed by atoms with E-state index in [1.807, 2.05) is 0 Å². The summed E-state index contributed by atoms with van der Waals surface area (Å²) >= 11 is 0. The zero-order valence-corrected chi connectivity index (χ0v) is 17.7. The molecule has 1 heterocycles. The number of ether oxygens (including phenoxy) is 2. The third-order valence-corrected chi connectivity index (χ3v) is 4.90. The molecule has 1 fully saturated rings. The standard InChI is InChI=1S/C22H28F3NO4/c1-5-29-18(27)9-10-21(16-7-6-8-17(15-16)22(23,24)25)11-13-26(14-12-21)19(28)30-20(2,3)4/h6-10,15H,5,11-14H2,1-4H3. The van der Waals surface area contributed by atoms with Gasteiger partial charge in [0.15, 0.2) is 0 Å². The van der Waals surface area contributed by atoms with Crippen LogP contribution in [0, 0.1) is 0 Å². The molecular formula is C22H28F3NO4. The van der Waals surface area contributed by atoms with E-state index in [4.69, 9.17) is 9.47 Å². The van der Waals surface area contributed by atoms with Crippen LogP contribution >= 0.6 is 0 Å². The number of halogens is 3. The molecule has 0 N–H and O–H groups in total. The van der Waals surface area contributed by atoms with Gasteiger partial charge in [0, 0.05) is 24.6 Å². The van der Waals surface area contributed by atoms with Gasteiger partial charge in [-0.2, -0.15) is 13.2 Å². The molecule has 0 unspecified atom stereocenters. The molecule has 166 valence electrons. The van der Waals surface area contributed by atoms with Crippen molar-refractivity contribution in [1.29, 1.82) is 0 Å². The van der Waals surface area contributed by atoms with Gasteiger partial charge in [-0.1, -0.05) is 24.3 Å². The van der Waals surface area contributed by atoms with Crippen LogP contribution in [0.2, 0.25) is 0 Å². The van der Waals surface area contributed by atoms with Crippen molar-refractivity contribution in [2.45, 2.75) is 57.7 Å². The molecule has 8 heteroatoms. The van der Waals surface area contributed by atoms with Crippen molar-refractivity contribution in [3.63, 3.8) is 0 Å². The van der Waals surface area contributed by atoms with E-state index >= 15 is 0 Å². The van der Waals surface area contributed by atoms with Gasteiger partial charge in [-0.05, 0) is 52.2 Å². The number of amides is 1. The Hall–Kier alpha value is -2.51. The summed E-state index contributed by atoms with van der Waals surface area (Å²) in [6.07, 6.45) is -1.37. The van der Waals surface area contributed by atoms with Crippen molar-refractivity contribution in [3.05, 3.63) is 47.5 Å². The van der Waals surface area contributed by atoms with E-state index in [1.54, 1.807) is 39.8 Å². The second-order valence-electron chi connectivity index (χ2n) is 8.29. The lowest BCUT2D eigenvalue weighted by atomic mass is 9.72. The van der Waals surface area contributed by atoms with E-state index in [2.05, 4.69) is 0 Å². The highest BCUT2D eigenvalue weighted by molar-refractivity contribution is 5.82. The van der Waals surface area contributed by atoms with Crippen LogP contribution in [0.1, 0.15) is 51.7 Å². The van der Waals surface area contributed by atoms with Gasteiger partial charge in [0.05, 0.1) is 12.2 Å². The molecule has 1 aliphatic heterocycles. The summed E-state index contributed by atoms with van der Waals surface area (Å²) in [5, 5.41) is 0. The van der Waals surface area contributed by atoms with Crippen LogP contribution in [-0.2, 0) is 25.9 Å². The van der Waals surface area contributed by atoms with Gasteiger partial charge in [0.2, 0.25) is 0 Å². The SMILES string of the molecule is CCOC(=O)C=CC1(c2cccc(C(F)(F)F)c2)CCN(C(=O)OC(C)(C)C)CC1. The minimum absolute atomic E-state index is 0.201. The van der Waals surface area contributed by atoms with E-state index in [-0.39, 0.29) is 6.61 Å². The first-order valence-corrected chi connectivity index (χ1v) is 9.88. The van der Waals surface area contributed by atoms with Crippen molar-refractivity contribution >= 4 is 12.1 Å². The molecule has 1 aromatic rings. The summed E-state index contributed by atoms with van der Waals surface area (Å²) < 4.78 is 50.0. The Balaban J connectivity index is 2.32. The zero-order valence-electron chi connectivity index (χ0n) is 17.7. The van der Waals surface area contributed by atoms with Crippen LogP contribution in [0.4, 0.5) is 18.0 Å². The number of esters is 1. The predicted molar refractivity (Wildman–Crippen MR) is 106 cm³/mol. The van der Waals surface area contributed by atoms with Gasteiger partial charge in [0.25, 0.3) is 0 Å². The number of allylic oxidation sites excluding steroid dienone is 1. The van der Waals surface area contributed by atoms with Crippen molar-refractivity contribution in [2.24, 2.45) is 0 Å². The smallest absolute Gasteiger partial charge is 0.416 e. The molecule has 0 spiro atoms. The van der Waals surface area contributed by atoms with Crippen molar-refractivity contribution in [3.8, 4) is 0 Å². The van der Waals surface area contributed by atoms with Crippen molar-refractivity contribution in [1.82, 2.24) is 4.90 Å². The van der Waals surface area contributed by atoms with Gasteiger partial charge in [-0.25, -0.2) is 9.59 Å². The Kier molecular flexibility index (Phi) is 7.21. The quantitative estimate of drug-likeness (QED) is 0.496. The van der Waals surface area contributed by atoms with Crippen LogP contribution in [-0.4, -0.2) is 42.3 Å². The number of carbonyl (C=O) groups excluding carboxylic acids is 2. The van der Waals surface area contributed by atoms with Crippen LogP contribution in [0.25, 0.3) is 0 Å². The Morgan fingerprint density at radius 3 is 2.33 bits per heavy atom. The fraction of sp³-hybridized carbons (Fsp3) is 0.545. The molecule has 1 aromatic carbocycles. The van der Waals surface area contributed by atoms with Crippen LogP contribution in [0.3, 0.4) is 0 Å². The number of alkyl halides is 3. The molecule has 30 heavy (non-hydrogen) atoms. The Morgan fingerprint density at radius 2 is 1.80 bits per heavy atom. The summed E-state index contributed by atoms with van der Waals surface area (Å²) in [7, 11) is 0. The maximum absolute atomic E-state index is 13.2. The Labute approximate surface area is 174 Å². The third kappa shape index (κ3) is 6.24. The first kappa shape index (κ1) is 23.8. The van der Waals surface area contributed by atoms with E-state index in [0.717, 1.165) is 12.1 Å². The number of piperidine rings is 1. The molecule has 0 radical (unpaired) electrons. The fourth-order valence-electron chi connectivity index (χ4n) is 3.39. The van der Waals surface area contributed by atoms with Crippen molar-refractivity contribution in [2.75, 3.05) is 19.7 Å². The molecule has 0 aliphatic carbocycles. The molecular weight excluding hydrogens is 399 g/mol. The van der Waals surface area contributed by atoms with Crippen molar-refractivity contribution < 1.29 is 32.2 Å². The molecule has 1 amide bonds. The number of hydrogen-bond acceptors (Lipinski definition) is 4. The second kappa shape index (κ2) is 9.10. The molecule has 0 bridgehead atoms. The second-order valence-corrected chi connectivity index (χ2v) is 8.29. The monoisotopic (exact) mass is 427 g/mol. The number of nitrogens with zero attached hydrogens (tertiary/aromatic N) is 1. The fourth-order valence-corrected chi connectivity index (χ4v) is 3.39. The lowest BCUT2D eigenvalue weighted by Gasteiger charge is -2.41. The summed E-state index contributed by atoms with van der Waals surface area (Å²) in [5.41, 5.74) is -1.77. The average Bonchev–Trinajstić information content (AvgIpc) is 2.65. The Morgan fingerprint density at radius 1 is 1.17 bits per heavy atom. The summed E-state index contributed by atoms with van der Waals surface area (Å²) in [4.78, 5) is 25.7. The number of likely N-dealkylation sites (tertiary alicyclic amines) is 1. The minimum atomic E-state index is -4.47. The highest BCUT2D eigenvalue weighted by Gasteiger charge is 2.39. The van der Waals surface area contributed by atoms with Crippen LogP contribution < -0.4 is 0 Å². The lowest BCUT2D eigenvalue weighted by Crippen LogP contribution is -2.46.